The monoisotopic (exact) mass is 228 g/mol. The van der Waals surface area contributed by atoms with Gasteiger partial charge in [0.15, 0.2) is 0 Å². The lowest BCUT2D eigenvalue weighted by molar-refractivity contribution is 0.283. The molecule has 0 unspecified atom stereocenters. The van der Waals surface area contributed by atoms with Gasteiger partial charge in [-0.25, -0.2) is 0 Å². The summed E-state index contributed by atoms with van der Waals surface area (Å²) in [5.74, 6) is 0. The largest absolute Gasteiger partial charge is 0.392 e. The number of hydrogen-bond acceptors (Lipinski definition) is 2. The highest BCUT2D eigenvalue weighted by Gasteiger charge is 2.08. The molecule has 3 rings (SSSR count). The third-order valence-corrected chi connectivity index (χ3v) is 4.04. The van der Waals surface area contributed by atoms with E-state index in [1.165, 1.54) is 25.7 Å². The fourth-order valence-electron chi connectivity index (χ4n) is 2.15. The first-order valence-electron chi connectivity index (χ1n) is 5.31. The average molecular weight is 228 g/mol. The van der Waals surface area contributed by atoms with Gasteiger partial charge in [-0.3, -0.25) is 0 Å². The van der Waals surface area contributed by atoms with Crippen LogP contribution in [0, 0.1) is 6.92 Å². The zero-order valence-corrected chi connectivity index (χ0v) is 9.84. The molecular formula is C14H12OS. The Hall–Kier alpha value is -1.38. The van der Waals surface area contributed by atoms with Crippen LogP contribution in [0.1, 0.15) is 11.1 Å². The number of thiophene rings is 1. The van der Waals surface area contributed by atoms with Crippen molar-refractivity contribution in [3.8, 4) is 0 Å². The second-order valence-corrected chi connectivity index (χ2v) is 5.13. The van der Waals surface area contributed by atoms with Gasteiger partial charge in [0.2, 0.25) is 0 Å². The van der Waals surface area contributed by atoms with Crippen LogP contribution in [-0.2, 0) is 6.61 Å². The Balaban J connectivity index is 2.54. The first-order chi connectivity index (χ1) is 7.79. The van der Waals surface area contributed by atoms with Gasteiger partial charge in [-0.05, 0) is 30.7 Å². The smallest absolute Gasteiger partial charge is 0.0688 e. The van der Waals surface area contributed by atoms with Crippen LogP contribution in [0.5, 0.6) is 0 Å². The third kappa shape index (κ3) is 1.34. The van der Waals surface area contributed by atoms with Gasteiger partial charge in [0.25, 0.3) is 0 Å². The fourth-order valence-corrected chi connectivity index (χ4v) is 3.28. The highest BCUT2D eigenvalue weighted by Crippen LogP contribution is 2.36. The van der Waals surface area contributed by atoms with Crippen molar-refractivity contribution in [2.75, 3.05) is 0 Å². The molecule has 1 heterocycles. The van der Waals surface area contributed by atoms with Crippen LogP contribution in [0.15, 0.2) is 36.4 Å². The summed E-state index contributed by atoms with van der Waals surface area (Å²) in [5.41, 5.74) is 2.29. The minimum absolute atomic E-state index is 0.108. The molecular weight excluding hydrogens is 216 g/mol. The van der Waals surface area contributed by atoms with Gasteiger partial charge in [-0.2, -0.15) is 0 Å². The first-order valence-corrected chi connectivity index (χ1v) is 6.13. The maximum atomic E-state index is 9.39. The maximum Gasteiger partial charge on any atom is 0.0688 e. The van der Waals surface area contributed by atoms with Gasteiger partial charge in [-0.15, -0.1) is 11.3 Å². The van der Waals surface area contributed by atoms with Crippen LogP contribution in [0.25, 0.3) is 20.2 Å². The van der Waals surface area contributed by atoms with Gasteiger partial charge in [0, 0.05) is 20.2 Å². The molecule has 1 nitrogen and oxygen atoms in total. The van der Waals surface area contributed by atoms with Crippen molar-refractivity contribution in [3.05, 3.63) is 47.5 Å². The van der Waals surface area contributed by atoms with Crippen LogP contribution in [0.2, 0.25) is 0 Å². The summed E-state index contributed by atoms with van der Waals surface area (Å²) >= 11 is 1.79. The second-order valence-electron chi connectivity index (χ2n) is 4.05. The number of fused-ring (bicyclic) bond motifs is 3. The van der Waals surface area contributed by atoms with E-state index >= 15 is 0 Å². The lowest BCUT2D eigenvalue weighted by Crippen LogP contribution is -1.83. The minimum Gasteiger partial charge on any atom is -0.392 e. The number of aryl methyl sites for hydroxylation is 1. The van der Waals surface area contributed by atoms with Crippen molar-refractivity contribution >= 4 is 31.5 Å². The van der Waals surface area contributed by atoms with Gasteiger partial charge in [-0.1, -0.05) is 23.8 Å². The van der Waals surface area contributed by atoms with E-state index in [4.69, 9.17) is 0 Å². The number of aliphatic hydroxyl groups excluding tert-OH is 1. The molecule has 0 aliphatic rings. The molecule has 0 fully saturated rings. The fraction of sp³-hybridized carbons (Fsp3) is 0.143. The third-order valence-electron chi connectivity index (χ3n) is 2.91. The van der Waals surface area contributed by atoms with Gasteiger partial charge in [0.05, 0.1) is 6.61 Å². The molecule has 0 saturated carbocycles. The minimum atomic E-state index is 0.108. The van der Waals surface area contributed by atoms with E-state index in [1.807, 2.05) is 12.1 Å². The molecule has 1 aromatic heterocycles. The predicted octanol–water partition coefficient (Wildman–Crippen LogP) is 3.86. The Morgan fingerprint density at radius 2 is 2.00 bits per heavy atom. The Labute approximate surface area is 98.0 Å². The van der Waals surface area contributed by atoms with Gasteiger partial charge < -0.3 is 5.11 Å². The van der Waals surface area contributed by atoms with Crippen molar-refractivity contribution < 1.29 is 5.11 Å². The second kappa shape index (κ2) is 3.58. The number of aliphatic hydroxyl groups is 1. The highest BCUT2D eigenvalue weighted by atomic mass is 32.1. The molecule has 80 valence electrons. The molecule has 0 atom stereocenters. The summed E-state index contributed by atoms with van der Waals surface area (Å²) in [4.78, 5) is 0. The summed E-state index contributed by atoms with van der Waals surface area (Å²) in [6.07, 6.45) is 0. The lowest BCUT2D eigenvalue weighted by atomic mass is 10.1. The Bertz CT molecular complexity index is 667. The Kier molecular flexibility index (Phi) is 2.20. The van der Waals surface area contributed by atoms with Crippen LogP contribution in [0.3, 0.4) is 0 Å². The summed E-state index contributed by atoms with van der Waals surface area (Å²) in [6.45, 7) is 2.21. The summed E-state index contributed by atoms with van der Waals surface area (Å²) < 4.78 is 2.55. The molecule has 16 heavy (non-hydrogen) atoms. The van der Waals surface area contributed by atoms with Gasteiger partial charge >= 0.3 is 0 Å². The molecule has 1 N–H and O–H groups in total. The first kappa shape index (κ1) is 9.82. The molecule has 2 heteroatoms. The summed E-state index contributed by atoms with van der Waals surface area (Å²) in [5, 5.41) is 11.9. The van der Waals surface area contributed by atoms with Crippen molar-refractivity contribution in [1.82, 2.24) is 0 Å². The molecule has 0 aliphatic carbocycles. The Morgan fingerprint density at radius 1 is 1.12 bits per heavy atom. The number of benzene rings is 2. The van der Waals surface area contributed by atoms with Crippen LogP contribution in [-0.4, -0.2) is 5.11 Å². The predicted molar refractivity (Wildman–Crippen MR) is 70.0 cm³/mol. The molecule has 0 spiro atoms. The van der Waals surface area contributed by atoms with Crippen LogP contribution < -0.4 is 0 Å². The molecule has 2 aromatic carbocycles. The van der Waals surface area contributed by atoms with Crippen molar-refractivity contribution in [3.63, 3.8) is 0 Å². The van der Waals surface area contributed by atoms with E-state index in [1.54, 1.807) is 11.3 Å². The van der Waals surface area contributed by atoms with E-state index in [0.29, 0.717) is 0 Å². The maximum absolute atomic E-state index is 9.39. The molecule has 0 radical (unpaired) electrons. The van der Waals surface area contributed by atoms with Crippen molar-refractivity contribution in [2.45, 2.75) is 13.5 Å². The molecule has 0 aliphatic heterocycles. The molecule has 3 aromatic rings. The normalized spacial score (nSPS) is 11.4. The lowest BCUT2D eigenvalue weighted by Gasteiger charge is -1.99. The van der Waals surface area contributed by atoms with Crippen LogP contribution >= 0.6 is 11.3 Å². The van der Waals surface area contributed by atoms with E-state index < -0.39 is 0 Å². The van der Waals surface area contributed by atoms with E-state index in [-0.39, 0.29) is 6.61 Å². The summed E-state index contributed by atoms with van der Waals surface area (Å²) in [6, 6.07) is 12.6. The molecule has 0 amide bonds. The number of hydrogen-bond donors (Lipinski definition) is 1. The van der Waals surface area contributed by atoms with Crippen LogP contribution in [0.4, 0.5) is 0 Å². The SMILES string of the molecule is Cc1ccc2sc3cccc(CO)c3c2c1. The molecule has 0 bridgehead atoms. The average Bonchev–Trinajstić information content (AvgIpc) is 2.66. The Morgan fingerprint density at radius 3 is 2.81 bits per heavy atom. The van der Waals surface area contributed by atoms with E-state index in [2.05, 4.69) is 31.2 Å². The molecule has 0 saturated heterocycles. The standard InChI is InChI=1S/C14H12OS/c1-9-5-6-12-11(7-9)14-10(8-15)3-2-4-13(14)16-12/h2-7,15H,8H2,1H3. The van der Waals surface area contributed by atoms with Gasteiger partial charge in [0.1, 0.15) is 0 Å². The van der Waals surface area contributed by atoms with E-state index in [9.17, 15) is 5.11 Å². The quantitative estimate of drug-likeness (QED) is 0.670. The van der Waals surface area contributed by atoms with Crippen molar-refractivity contribution in [1.29, 1.82) is 0 Å². The topological polar surface area (TPSA) is 20.2 Å². The van der Waals surface area contributed by atoms with E-state index in [0.717, 1.165) is 5.56 Å². The summed E-state index contributed by atoms with van der Waals surface area (Å²) in [7, 11) is 0. The number of rotatable bonds is 1. The highest BCUT2D eigenvalue weighted by molar-refractivity contribution is 7.25. The zero-order chi connectivity index (χ0) is 11.1. The van der Waals surface area contributed by atoms with Crippen molar-refractivity contribution in [2.24, 2.45) is 0 Å². The zero-order valence-electron chi connectivity index (χ0n) is 9.03.